The highest BCUT2D eigenvalue weighted by molar-refractivity contribution is 5.99. The number of aliphatic hydroxyl groups excluding tert-OH is 1. The molecule has 0 bridgehead atoms. The van der Waals surface area contributed by atoms with Crippen molar-refractivity contribution in [1.29, 1.82) is 5.26 Å². The van der Waals surface area contributed by atoms with E-state index < -0.39 is 30.5 Å². The molecule has 43 heavy (non-hydrogen) atoms. The minimum atomic E-state index is -1.45. The molecule has 5 rings (SSSR count). The van der Waals surface area contributed by atoms with Crippen molar-refractivity contribution in [1.82, 2.24) is 15.1 Å². The van der Waals surface area contributed by atoms with Gasteiger partial charge < -0.3 is 30.3 Å². The van der Waals surface area contributed by atoms with Gasteiger partial charge in [-0.05, 0) is 73.6 Å². The molecule has 2 fully saturated rings. The molecular formula is C31H36FN7O4. The average Bonchev–Trinajstić information content (AvgIpc) is 3.02. The number of likely N-dealkylation sites (tertiary alicyclic amines) is 2. The molecule has 0 spiro atoms. The van der Waals surface area contributed by atoms with E-state index in [0.29, 0.717) is 17.4 Å². The van der Waals surface area contributed by atoms with Gasteiger partial charge in [-0.1, -0.05) is 12.1 Å². The molecule has 0 aliphatic carbocycles. The first-order valence-electron chi connectivity index (χ1n) is 14.5. The minimum absolute atomic E-state index is 0.173. The topological polar surface area (TPSA) is 143 Å². The van der Waals surface area contributed by atoms with Crippen molar-refractivity contribution < 1.29 is 23.8 Å². The highest BCUT2D eigenvalue weighted by Gasteiger charge is 2.34. The van der Waals surface area contributed by atoms with Gasteiger partial charge in [0.2, 0.25) is 12.4 Å². The lowest BCUT2D eigenvalue weighted by molar-refractivity contribution is -0.143. The van der Waals surface area contributed by atoms with Gasteiger partial charge in [0.1, 0.15) is 36.5 Å². The number of halogens is 1. The maximum absolute atomic E-state index is 14.9. The Morgan fingerprint density at radius 3 is 2.70 bits per heavy atom. The van der Waals surface area contributed by atoms with Crippen molar-refractivity contribution in [2.75, 3.05) is 31.5 Å². The quantitative estimate of drug-likeness (QED) is 0.422. The molecule has 1 unspecified atom stereocenters. The smallest absolute Gasteiger partial charge is 0.251 e. The summed E-state index contributed by atoms with van der Waals surface area (Å²) in [4.78, 5) is 34.9. The minimum Gasteiger partial charge on any atom is -0.486 e. The standard InChI is InChI=1S/C31H36FN7O4/c1-19-13-24(4-5-25(19)21-7-10-38(18-40)11-8-21)36-31-35-17-34-29(37-31)22-3-6-27(23(14-22)15-33)43-28-9-12-39(16-26(28)32)30(42)20(2)41/h3-6,13-14,17-18,20-21,26,28-29,41H,7-12,16H2,1-2H3,(H2,34,35,36,37)/t20-,26+,28-,29?/m0/s1. The molecule has 2 aromatic carbocycles. The summed E-state index contributed by atoms with van der Waals surface area (Å²) in [5.74, 6) is 0.675. The molecule has 226 valence electrons. The fraction of sp³-hybridized carbons (Fsp3) is 0.452. The lowest BCUT2D eigenvalue weighted by Crippen LogP contribution is -2.51. The number of benzene rings is 2. The molecule has 3 aliphatic heterocycles. The molecule has 3 N–H and O–H groups in total. The molecule has 2 amide bonds. The molecule has 12 heteroatoms. The summed E-state index contributed by atoms with van der Waals surface area (Å²) in [5, 5.41) is 25.9. The summed E-state index contributed by atoms with van der Waals surface area (Å²) in [5.41, 5.74) is 4.28. The number of guanidine groups is 1. The first-order valence-corrected chi connectivity index (χ1v) is 14.5. The number of ether oxygens (including phenoxy) is 1. The van der Waals surface area contributed by atoms with Gasteiger partial charge in [0.05, 0.1) is 12.1 Å². The number of alkyl halides is 1. The Morgan fingerprint density at radius 2 is 2.02 bits per heavy atom. The number of nitrogens with one attached hydrogen (secondary N) is 2. The second-order valence-electron chi connectivity index (χ2n) is 11.2. The van der Waals surface area contributed by atoms with Crippen LogP contribution in [0.2, 0.25) is 0 Å². The van der Waals surface area contributed by atoms with E-state index in [1.165, 1.54) is 29.3 Å². The Morgan fingerprint density at radius 1 is 1.23 bits per heavy atom. The second-order valence-corrected chi connectivity index (χ2v) is 11.2. The van der Waals surface area contributed by atoms with Crippen LogP contribution in [0.15, 0.2) is 46.4 Å². The Labute approximate surface area is 250 Å². The lowest BCUT2D eigenvalue weighted by Gasteiger charge is -2.35. The Hall–Kier alpha value is -4.50. The third kappa shape index (κ3) is 6.94. The number of carbonyl (C=O) groups is 2. The van der Waals surface area contributed by atoms with Crippen molar-refractivity contribution >= 4 is 30.3 Å². The fourth-order valence-electron chi connectivity index (χ4n) is 5.81. The van der Waals surface area contributed by atoms with Crippen LogP contribution in [0.5, 0.6) is 5.75 Å². The molecule has 11 nitrogen and oxygen atoms in total. The highest BCUT2D eigenvalue weighted by Crippen LogP contribution is 2.32. The van der Waals surface area contributed by atoms with Gasteiger partial charge in [0.15, 0.2) is 6.17 Å². The summed E-state index contributed by atoms with van der Waals surface area (Å²) in [6, 6.07) is 13.4. The molecule has 3 heterocycles. The maximum Gasteiger partial charge on any atom is 0.251 e. The van der Waals surface area contributed by atoms with Crippen LogP contribution in [0.3, 0.4) is 0 Å². The van der Waals surface area contributed by atoms with Crippen molar-refractivity contribution in [3.8, 4) is 11.8 Å². The first-order chi connectivity index (χ1) is 20.7. The molecule has 0 aromatic heterocycles. The molecule has 2 aromatic rings. The first kappa shape index (κ1) is 30.0. The number of hydrogen-bond acceptors (Lipinski definition) is 9. The van der Waals surface area contributed by atoms with Crippen LogP contribution < -0.4 is 15.4 Å². The van der Waals surface area contributed by atoms with Gasteiger partial charge in [-0.15, -0.1) is 0 Å². The molecular weight excluding hydrogens is 553 g/mol. The molecule has 2 saturated heterocycles. The van der Waals surface area contributed by atoms with Crippen molar-refractivity contribution in [3.63, 3.8) is 0 Å². The van der Waals surface area contributed by atoms with Gasteiger partial charge in [0, 0.05) is 31.7 Å². The normalized spacial score (nSPS) is 23.0. The van der Waals surface area contributed by atoms with Crippen LogP contribution in [0, 0.1) is 18.3 Å². The molecule has 0 radical (unpaired) electrons. The van der Waals surface area contributed by atoms with Crippen molar-refractivity contribution in [2.24, 2.45) is 9.98 Å². The summed E-state index contributed by atoms with van der Waals surface area (Å²) in [6.07, 6.45) is 0.559. The number of anilines is 1. The third-order valence-corrected chi connectivity index (χ3v) is 8.20. The van der Waals surface area contributed by atoms with Crippen LogP contribution in [-0.4, -0.2) is 84.1 Å². The number of aliphatic imine (C=N–C) groups is 2. The number of aliphatic hydroxyl groups is 1. The average molecular weight is 590 g/mol. The summed E-state index contributed by atoms with van der Waals surface area (Å²) >= 11 is 0. The lowest BCUT2D eigenvalue weighted by atomic mass is 9.87. The molecule has 3 aliphatic rings. The summed E-state index contributed by atoms with van der Waals surface area (Å²) in [7, 11) is 0. The molecule has 0 saturated carbocycles. The van der Waals surface area contributed by atoms with Gasteiger partial charge in [-0.25, -0.2) is 14.4 Å². The van der Waals surface area contributed by atoms with Gasteiger partial charge in [0.25, 0.3) is 5.91 Å². The number of nitriles is 1. The number of amides is 2. The van der Waals surface area contributed by atoms with Gasteiger partial charge >= 0.3 is 0 Å². The fourth-order valence-corrected chi connectivity index (χ4v) is 5.81. The number of carbonyl (C=O) groups excluding carboxylic acids is 2. The zero-order valence-electron chi connectivity index (χ0n) is 24.2. The SMILES string of the molecule is Cc1cc(NC2=NC=NC(c3ccc(O[C@H]4CCN(C(=O)[C@H](C)O)C[C@H]4F)c(C#N)c3)N2)ccc1C1CCN(C=O)CC1. The number of rotatable bonds is 7. The van der Waals surface area contributed by atoms with E-state index in [-0.39, 0.29) is 30.8 Å². The predicted octanol–water partition coefficient (Wildman–Crippen LogP) is 3.00. The Bertz CT molecular complexity index is 1450. The number of aryl methyl sites for hydroxylation is 1. The van der Waals surface area contributed by atoms with Gasteiger partial charge in [-0.2, -0.15) is 5.26 Å². The van der Waals surface area contributed by atoms with E-state index in [9.17, 15) is 24.3 Å². The van der Waals surface area contributed by atoms with Crippen molar-refractivity contribution in [3.05, 3.63) is 58.7 Å². The number of nitrogens with zero attached hydrogens (tertiary/aromatic N) is 5. The van der Waals surface area contributed by atoms with Crippen LogP contribution in [0.25, 0.3) is 0 Å². The number of piperidine rings is 2. The van der Waals surface area contributed by atoms with E-state index in [0.717, 1.165) is 38.0 Å². The van der Waals surface area contributed by atoms with Crippen LogP contribution in [0.4, 0.5) is 10.1 Å². The van der Waals surface area contributed by atoms with Crippen LogP contribution in [0.1, 0.15) is 60.5 Å². The van der Waals surface area contributed by atoms with Crippen molar-refractivity contribution in [2.45, 2.75) is 63.6 Å². The Kier molecular flexibility index (Phi) is 9.21. The highest BCUT2D eigenvalue weighted by atomic mass is 19.1. The van der Waals surface area contributed by atoms with E-state index in [2.05, 4.69) is 45.7 Å². The summed E-state index contributed by atoms with van der Waals surface area (Å²) < 4.78 is 20.7. The Balaban J connectivity index is 1.20. The van der Waals surface area contributed by atoms with E-state index in [4.69, 9.17) is 4.74 Å². The summed E-state index contributed by atoms with van der Waals surface area (Å²) in [6.45, 7) is 5.08. The predicted molar refractivity (Wildman–Crippen MR) is 160 cm³/mol. The number of hydrogen-bond donors (Lipinski definition) is 3. The van der Waals surface area contributed by atoms with Gasteiger partial charge in [-0.3, -0.25) is 9.59 Å². The van der Waals surface area contributed by atoms with Crippen LogP contribution in [-0.2, 0) is 9.59 Å². The monoisotopic (exact) mass is 589 g/mol. The zero-order chi connectivity index (χ0) is 30.5. The van der Waals surface area contributed by atoms with E-state index >= 15 is 0 Å². The van der Waals surface area contributed by atoms with Crippen LogP contribution >= 0.6 is 0 Å². The zero-order valence-corrected chi connectivity index (χ0v) is 24.2. The van der Waals surface area contributed by atoms with E-state index in [1.807, 2.05) is 11.0 Å². The second kappa shape index (κ2) is 13.2. The van der Waals surface area contributed by atoms with E-state index in [1.54, 1.807) is 18.2 Å². The largest absolute Gasteiger partial charge is 0.486 e. The maximum atomic E-state index is 14.9. The molecule has 4 atom stereocenters. The third-order valence-electron chi connectivity index (χ3n) is 8.20.